The number of aryl methyl sites for hydroxylation is 2. The zero-order chi connectivity index (χ0) is 18.8. The second-order valence-electron chi connectivity index (χ2n) is 5.21. The van der Waals surface area contributed by atoms with Crippen LogP contribution in [-0.4, -0.2) is 26.4 Å². The maximum Gasteiger partial charge on any atom is 0.341 e. The number of non-ortho nitro benzene ring substituents is 1. The minimum absolute atomic E-state index is 0.196. The Bertz CT molecular complexity index is 931. The summed E-state index contributed by atoms with van der Waals surface area (Å²) < 4.78 is 37.1. The molecule has 2 aromatic rings. The van der Waals surface area contributed by atoms with E-state index in [2.05, 4.69) is 9.46 Å². The summed E-state index contributed by atoms with van der Waals surface area (Å²) in [5, 5.41) is 10.8. The molecule has 1 aromatic heterocycles. The predicted molar refractivity (Wildman–Crippen MR) is 86.6 cm³/mol. The molecule has 1 heterocycles. The van der Waals surface area contributed by atoms with E-state index in [0.29, 0.717) is 11.3 Å². The number of ether oxygens (including phenoxy) is 1. The molecule has 9 nitrogen and oxygen atoms in total. The Labute approximate surface area is 143 Å². The summed E-state index contributed by atoms with van der Waals surface area (Å²) >= 11 is 0. The number of rotatable bonds is 6. The fourth-order valence-corrected chi connectivity index (χ4v) is 3.43. The maximum absolute atomic E-state index is 12.4. The van der Waals surface area contributed by atoms with Gasteiger partial charge in [0.25, 0.3) is 5.69 Å². The smallest absolute Gasteiger partial charge is 0.341 e. The maximum atomic E-state index is 12.4. The van der Waals surface area contributed by atoms with Gasteiger partial charge >= 0.3 is 5.97 Å². The number of carbonyl (C=O) groups excluding carboxylic acids is 1. The summed E-state index contributed by atoms with van der Waals surface area (Å²) in [6.07, 6.45) is 0. The van der Waals surface area contributed by atoms with Gasteiger partial charge < -0.3 is 9.15 Å². The first kappa shape index (κ1) is 18.6. The molecule has 0 unspecified atom stereocenters. The molecular weight excluding hydrogens is 352 g/mol. The number of nitrogens with zero attached hydrogens (tertiary/aromatic N) is 1. The van der Waals surface area contributed by atoms with Crippen LogP contribution in [0.15, 0.2) is 33.6 Å². The lowest BCUT2D eigenvalue weighted by molar-refractivity contribution is -0.385. The highest BCUT2D eigenvalue weighted by atomic mass is 32.2. The number of methoxy groups -OCH3 is 1. The van der Waals surface area contributed by atoms with Gasteiger partial charge in [0.15, 0.2) is 0 Å². The fourth-order valence-electron chi connectivity index (χ4n) is 2.18. The lowest BCUT2D eigenvalue weighted by Crippen LogP contribution is -2.24. The lowest BCUT2D eigenvalue weighted by atomic mass is 10.2. The Morgan fingerprint density at radius 1 is 1.32 bits per heavy atom. The van der Waals surface area contributed by atoms with Crippen LogP contribution in [0.1, 0.15) is 27.4 Å². The highest BCUT2D eigenvalue weighted by Crippen LogP contribution is 2.22. The SMILES string of the molecule is COC(=O)c1cc(CNS(=O)(=O)c2cc([N+](=O)[O-])ccc2C)oc1C. The normalized spacial score (nSPS) is 11.3. The third kappa shape index (κ3) is 4.03. The van der Waals surface area contributed by atoms with Gasteiger partial charge in [0.1, 0.15) is 17.1 Å². The predicted octanol–water partition coefficient (Wildman–Crippen LogP) is 2.07. The Kier molecular flexibility index (Phi) is 5.24. The zero-order valence-electron chi connectivity index (χ0n) is 13.7. The number of hydrogen-bond acceptors (Lipinski definition) is 7. The van der Waals surface area contributed by atoms with Crippen molar-refractivity contribution < 1.29 is 27.3 Å². The second-order valence-corrected chi connectivity index (χ2v) is 6.94. The molecule has 1 N–H and O–H groups in total. The number of nitro groups is 1. The fraction of sp³-hybridized carbons (Fsp3) is 0.267. The highest BCUT2D eigenvalue weighted by Gasteiger charge is 2.22. The molecule has 0 amide bonds. The van der Waals surface area contributed by atoms with Gasteiger partial charge in [-0.25, -0.2) is 17.9 Å². The van der Waals surface area contributed by atoms with Gasteiger partial charge in [-0.05, 0) is 25.5 Å². The van der Waals surface area contributed by atoms with E-state index in [0.717, 1.165) is 6.07 Å². The van der Waals surface area contributed by atoms with Crippen LogP contribution in [-0.2, 0) is 21.3 Å². The van der Waals surface area contributed by atoms with Gasteiger partial charge in [-0.15, -0.1) is 0 Å². The number of hydrogen-bond donors (Lipinski definition) is 1. The summed E-state index contributed by atoms with van der Waals surface area (Å²) in [4.78, 5) is 21.5. The van der Waals surface area contributed by atoms with Crippen LogP contribution >= 0.6 is 0 Å². The van der Waals surface area contributed by atoms with Gasteiger partial charge in [0.05, 0.1) is 23.5 Å². The third-order valence-electron chi connectivity index (χ3n) is 3.48. The quantitative estimate of drug-likeness (QED) is 0.469. The molecule has 2 rings (SSSR count). The van der Waals surface area contributed by atoms with E-state index < -0.39 is 20.9 Å². The molecule has 10 heteroatoms. The van der Waals surface area contributed by atoms with Crippen molar-refractivity contribution in [3.8, 4) is 0 Å². The first-order valence-electron chi connectivity index (χ1n) is 7.08. The van der Waals surface area contributed by atoms with Crippen molar-refractivity contribution in [3.63, 3.8) is 0 Å². The van der Waals surface area contributed by atoms with Gasteiger partial charge in [0.2, 0.25) is 10.0 Å². The third-order valence-corrected chi connectivity index (χ3v) is 5.03. The molecule has 25 heavy (non-hydrogen) atoms. The summed E-state index contributed by atoms with van der Waals surface area (Å²) in [5.74, 6) is -0.0815. The van der Waals surface area contributed by atoms with Crippen LogP contribution in [0.3, 0.4) is 0 Å². The Hall–Kier alpha value is -2.72. The van der Waals surface area contributed by atoms with Crippen LogP contribution in [0.2, 0.25) is 0 Å². The standard InChI is InChI=1S/C15H16N2O7S/c1-9-4-5-11(17(19)20)6-14(9)25(21,22)16-8-12-7-13(10(2)24-12)15(18)23-3/h4-7,16H,8H2,1-3H3. The van der Waals surface area contributed by atoms with Crippen LogP contribution in [0, 0.1) is 24.0 Å². The van der Waals surface area contributed by atoms with E-state index in [4.69, 9.17) is 4.42 Å². The molecule has 134 valence electrons. The number of furan rings is 1. The molecule has 0 spiro atoms. The number of sulfonamides is 1. The van der Waals surface area contributed by atoms with Crippen molar-refractivity contribution in [1.82, 2.24) is 4.72 Å². The average Bonchev–Trinajstić information content (AvgIpc) is 2.93. The Morgan fingerprint density at radius 3 is 2.60 bits per heavy atom. The first-order valence-corrected chi connectivity index (χ1v) is 8.56. The second kappa shape index (κ2) is 7.03. The van der Waals surface area contributed by atoms with E-state index in [-0.39, 0.29) is 28.5 Å². The number of carbonyl (C=O) groups is 1. The van der Waals surface area contributed by atoms with Crippen LogP contribution < -0.4 is 4.72 Å². The molecule has 0 bridgehead atoms. The zero-order valence-corrected chi connectivity index (χ0v) is 14.5. The van der Waals surface area contributed by atoms with Gasteiger partial charge in [0, 0.05) is 12.1 Å². The average molecular weight is 368 g/mol. The van der Waals surface area contributed by atoms with Crippen LogP contribution in [0.25, 0.3) is 0 Å². The van der Waals surface area contributed by atoms with E-state index in [1.807, 2.05) is 0 Å². The minimum Gasteiger partial charge on any atom is -0.465 e. The van der Waals surface area contributed by atoms with E-state index in [1.165, 1.54) is 32.2 Å². The lowest BCUT2D eigenvalue weighted by Gasteiger charge is -2.08. The molecule has 0 aliphatic rings. The van der Waals surface area contributed by atoms with E-state index in [9.17, 15) is 23.3 Å². The largest absolute Gasteiger partial charge is 0.465 e. The van der Waals surface area contributed by atoms with Crippen molar-refractivity contribution in [2.45, 2.75) is 25.3 Å². The monoisotopic (exact) mass is 368 g/mol. The molecule has 0 atom stereocenters. The van der Waals surface area contributed by atoms with Crippen molar-refractivity contribution >= 4 is 21.7 Å². The Morgan fingerprint density at radius 2 is 2.00 bits per heavy atom. The summed E-state index contributed by atoms with van der Waals surface area (Å²) in [6, 6.07) is 4.96. The van der Waals surface area contributed by atoms with Gasteiger partial charge in [-0.1, -0.05) is 6.07 Å². The molecular formula is C15H16N2O7S. The number of benzene rings is 1. The summed E-state index contributed by atoms with van der Waals surface area (Å²) in [7, 11) is -2.78. The first-order chi connectivity index (χ1) is 11.7. The summed E-state index contributed by atoms with van der Waals surface area (Å²) in [6.45, 7) is 2.86. The van der Waals surface area contributed by atoms with E-state index in [1.54, 1.807) is 6.92 Å². The topological polar surface area (TPSA) is 129 Å². The molecule has 0 saturated carbocycles. The number of esters is 1. The molecule has 0 aliphatic carbocycles. The van der Waals surface area contributed by atoms with E-state index >= 15 is 0 Å². The number of nitro benzene ring substituents is 1. The van der Waals surface area contributed by atoms with Crippen molar-refractivity contribution in [2.75, 3.05) is 7.11 Å². The van der Waals surface area contributed by atoms with Crippen molar-refractivity contribution in [1.29, 1.82) is 0 Å². The van der Waals surface area contributed by atoms with Crippen LogP contribution in [0.4, 0.5) is 5.69 Å². The van der Waals surface area contributed by atoms with Crippen molar-refractivity contribution in [2.24, 2.45) is 0 Å². The van der Waals surface area contributed by atoms with Crippen molar-refractivity contribution in [3.05, 3.63) is 57.0 Å². The Balaban J connectivity index is 2.24. The molecule has 0 radical (unpaired) electrons. The molecule has 0 saturated heterocycles. The van der Waals surface area contributed by atoms with Gasteiger partial charge in [-0.2, -0.15) is 0 Å². The summed E-state index contributed by atoms with van der Waals surface area (Å²) in [5.41, 5.74) is 0.236. The van der Waals surface area contributed by atoms with Crippen LogP contribution in [0.5, 0.6) is 0 Å². The molecule has 0 aliphatic heterocycles. The molecule has 1 aromatic carbocycles. The minimum atomic E-state index is -4.01. The highest BCUT2D eigenvalue weighted by molar-refractivity contribution is 7.89. The number of nitrogens with one attached hydrogen (secondary N) is 1. The van der Waals surface area contributed by atoms with Gasteiger partial charge in [-0.3, -0.25) is 10.1 Å². The molecule has 0 fully saturated rings.